The van der Waals surface area contributed by atoms with Gasteiger partial charge in [0, 0.05) is 11.3 Å². The number of hydrogen-bond acceptors (Lipinski definition) is 4. The maximum atomic E-state index is 5.93. The third kappa shape index (κ3) is 4.08. The number of benzene rings is 1. The number of nitrogens with zero attached hydrogens (tertiary/aromatic N) is 1. The van der Waals surface area contributed by atoms with Gasteiger partial charge in [-0.3, -0.25) is 5.32 Å². The maximum absolute atomic E-state index is 5.93. The number of guanidine groups is 1. The molecule has 1 heterocycles. The van der Waals surface area contributed by atoms with Gasteiger partial charge in [-0.2, -0.15) is 0 Å². The van der Waals surface area contributed by atoms with Crippen LogP contribution in [0.3, 0.4) is 0 Å². The van der Waals surface area contributed by atoms with E-state index in [1.807, 2.05) is 0 Å². The Morgan fingerprint density at radius 2 is 2.10 bits per heavy atom. The van der Waals surface area contributed by atoms with Crippen molar-refractivity contribution in [2.24, 2.45) is 10.7 Å². The average Bonchev–Trinajstić information content (AvgIpc) is 2.46. The van der Waals surface area contributed by atoms with Crippen LogP contribution in [0.1, 0.15) is 42.9 Å². The fraction of sp³-hybridized carbons (Fsp3) is 0.471. The first kappa shape index (κ1) is 15.6. The lowest BCUT2D eigenvalue weighted by atomic mass is 10.00. The van der Waals surface area contributed by atoms with Gasteiger partial charge in [0.1, 0.15) is 6.17 Å². The van der Waals surface area contributed by atoms with Crippen molar-refractivity contribution in [1.82, 2.24) is 10.6 Å². The van der Waals surface area contributed by atoms with Gasteiger partial charge >= 0.3 is 0 Å². The Morgan fingerprint density at radius 3 is 2.86 bits per heavy atom. The van der Waals surface area contributed by atoms with Crippen LogP contribution in [0.5, 0.6) is 0 Å². The van der Waals surface area contributed by atoms with Crippen molar-refractivity contribution < 1.29 is 0 Å². The highest BCUT2D eigenvalue weighted by Gasteiger charge is 2.15. The SMILES string of the molecule is CCCCCNC1C=C(c2cccc(C)c2C)NC(N)=N1. The standard InChI is InChI=1S/C17H26N4/c1-4-5-6-10-19-16-11-15(20-17(18)21-16)14-9-7-8-12(2)13(14)3/h7-9,11,16,19H,4-6,10H2,1-3H3,(H3,18,20,21). The van der Waals surface area contributed by atoms with Crippen molar-refractivity contribution in [2.45, 2.75) is 46.2 Å². The molecule has 2 rings (SSSR count). The van der Waals surface area contributed by atoms with Gasteiger partial charge in [0.15, 0.2) is 5.96 Å². The highest BCUT2D eigenvalue weighted by Crippen LogP contribution is 2.21. The largest absolute Gasteiger partial charge is 0.370 e. The molecule has 4 nitrogen and oxygen atoms in total. The second kappa shape index (κ2) is 7.27. The Morgan fingerprint density at radius 1 is 1.29 bits per heavy atom. The lowest BCUT2D eigenvalue weighted by Crippen LogP contribution is -2.40. The first-order valence-corrected chi connectivity index (χ1v) is 7.74. The van der Waals surface area contributed by atoms with Crippen molar-refractivity contribution >= 4 is 11.7 Å². The van der Waals surface area contributed by atoms with Crippen LogP contribution in [-0.2, 0) is 0 Å². The van der Waals surface area contributed by atoms with Crippen molar-refractivity contribution in [1.29, 1.82) is 0 Å². The zero-order chi connectivity index (χ0) is 15.2. The molecule has 1 unspecified atom stereocenters. The molecular weight excluding hydrogens is 260 g/mol. The van der Waals surface area contributed by atoms with Gasteiger partial charge in [0.25, 0.3) is 0 Å². The second-order valence-electron chi connectivity index (χ2n) is 5.57. The van der Waals surface area contributed by atoms with Crippen LogP contribution in [0, 0.1) is 13.8 Å². The summed E-state index contributed by atoms with van der Waals surface area (Å²) in [7, 11) is 0. The van der Waals surface area contributed by atoms with E-state index in [1.54, 1.807) is 0 Å². The highest BCUT2D eigenvalue weighted by molar-refractivity contribution is 5.90. The second-order valence-corrected chi connectivity index (χ2v) is 5.57. The zero-order valence-electron chi connectivity index (χ0n) is 13.2. The lowest BCUT2D eigenvalue weighted by molar-refractivity contribution is 0.568. The molecule has 1 aromatic rings. The molecule has 1 aliphatic rings. The van der Waals surface area contributed by atoms with E-state index < -0.39 is 0 Å². The summed E-state index contributed by atoms with van der Waals surface area (Å²) in [5, 5.41) is 6.62. The van der Waals surface area contributed by atoms with Crippen molar-refractivity contribution in [3.63, 3.8) is 0 Å². The normalized spacial score (nSPS) is 18.0. The van der Waals surface area contributed by atoms with Gasteiger partial charge in [0.05, 0.1) is 0 Å². The predicted octanol–water partition coefficient (Wildman–Crippen LogP) is 2.67. The van der Waals surface area contributed by atoms with Crippen LogP contribution in [0.15, 0.2) is 29.3 Å². The minimum atomic E-state index is -0.0435. The monoisotopic (exact) mass is 286 g/mol. The van der Waals surface area contributed by atoms with Gasteiger partial charge in [-0.1, -0.05) is 38.0 Å². The van der Waals surface area contributed by atoms with Crippen LogP contribution in [0.2, 0.25) is 0 Å². The first-order chi connectivity index (χ1) is 10.1. The molecule has 21 heavy (non-hydrogen) atoms. The first-order valence-electron chi connectivity index (χ1n) is 7.74. The van der Waals surface area contributed by atoms with Crippen molar-refractivity contribution in [3.8, 4) is 0 Å². The van der Waals surface area contributed by atoms with Crippen LogP contribution in [-0.4, -0.2) is 18.7 Å². The van der Waals surface area contributed by atoms with Crippen LogP contribution < -0.4 is 16.4 Å². The van der Waals surface area contributed by atoms with Crippen LogP contribution in [0.25, 0.3) is 5.70 Å². The molecule has 1 aliphatic heterocycles. The summed E-state index contributed by atoms with van der Waals surface area (Å²) < 4.78 is 0. The Bertz CT molecular complexity index is 546. The molecule has 0 spiro atoms. The average molecular weight is 286 g/mol. The number of aryl methyl sites for hydroxylation is 1. The molecular formula is C17H26N4. The third-order valence-corrected chi connectivity index (χ3v) is 3.89. The summed E-state index contributed by atoms with van der Waals surface area (Å²) in [5.74, 6) is 0.474. The highest BCUT2D eigenvalue weighted by atomic mass is 15.2. The molecule has 0 amide bonds. The molecule has 1 atom stereocenters. The number of rotatable bonds is 6. The van der Waals surface area contributed by atoms with Crippen LogP contribution in [0.4, 0.5) is 0 Å². The Hall–Kier alpha value is -1.81. The number of nitrogens with two attached hydrogens (primary N) is 1. The predicted molar refractivity (Wildman–Crippen MR) is 90.0 cm³/mol. The van der Waals surface area contributed by atoms with Gasteiger partial charge in [-0.05, 0) is 44.0 Å². The lowest BCUT2D eigenvalue weighted by Gasteiger charge is -2.22. The number of nitrogens with one attached hydrogen (secondary N) is 2. The van der Waals surface area contributed by atoms with E-state index in [1.165, 1.54) is 36.0 Å². The molecule has 0 saturated carbocycles. The maximum Gasteiger partial charge on any atom is 0.195 e. The van der Waals surface area contributed by atoms with Crippen molar-refractivity contribution in [3.05, 3.63) is 41.0 Å². The summed E-state index contributed by atoms with van der Waals surface area (Å²) in [6, 6.07) is 6.32. The molecule has 0 saturated heterocycles. The number of aliphatic imine (C=N–C) groups is 1. The van der Waals surface area contributed by atoms with E-state index in [-0.39, 0.29) is 6.17 Å². The number of hydrogen-bond donors (Lipinski definition) is 3. The van der Waals surface area contributed by atoms with E-state index >= 15 is 0 Å². The summed E-state index contributed by atoms with van der Waals surface area (Å²) in [5.41, 5.74) is 10.7. The Labute approximate surface area is 127 Å². The summed E-state index contributed by atoms with van der Waals surface area (Å²) in [6.07, 6.45) is 5.71. The van der Waals surface area contributed by atoms with Gasteiger partial charge in [-0.25, -0.2) is 4.99 Å². The van der Waals surface area contributed by atoms with E-state index in [2.05, 4.69) is 60.7 Å². The molecule has 0 fully saturated rings. The fourth-order valence-electron chi connectivity index (χ4n) is 2.49. The Balaban J connectivity index is 2.12. The summed E-state index contributed by atoms with van der Waals surface area (Å²) in [4.78, 5) is 4.40. The molecule has 1 aromatic carbocycles. The molecule has 0 aromatic heterocycles. The van der Waals surface area contributed by atoms with Crippen molar-refractivity contribution in [2.75, 3.05) is 6.54 Å². The van der Waals surface area contributed by atoms with Crippen LogP contribution >= 0.6 is 0 Å². The fourth-order valence-corrected chi connectivity index (χ4v) is 2.49. The topological polar surface area (TPSA) is 62.4 Å². The Kier molecular flexibility index (Phi) is 5.39. The van der Waals surface area contributed by atoms with Gasteiger partial charge in [0.2, 0.25) is 0 Å². The van der Waals surface area contributed by atoms with E-state index in [0.717, 1.165) is 12.2 Å². The quantitative estimate of drug-likeness (QED) is 0.705. The minimum absolute atomic E-state index is 0.0435. The van der Waals surface area contributed by atoms with E-state index in [9.17, 15) is 0 Å². The minimum Gasteiger partial charge on any atom is -0.370 e. The van der Waals surface area contributed by atoms with E-state index in [0.29, 0.717) is 5.96 Å². The molecule has 0 aliphatic carbocycles. The van der Waals surface area contributed by atoms with Gasteiger partial charge < -0.3 is 11.1 Å². The van der Waals surface area contributed by atoms with E-state index in [4.69, 9.17) is 5.73 Å². The van der Waals surface area contributed by atoms with Gasteiger partial charge in [-0.15, -0.1) is 0 Å². The smallest absolute Gasteiger partial charge is 0.195 e. The summed E-state index contributed by atoms with van der Waals surface area (Å²) in [6.45, 7) is 7.43. The molecule has 4 heteroatoms. The summed E-state index contributed by atoms with van der Waals surface area (Å²) >= 11 is 0. The molecule has 0 radical (unpaired) electrons. The molecule has 4 N–H and O–H groups in total. The number of unbranched alkanes of at least 4 members (excludes halogenated alkanes) is 2. The molecule has 0 bridgehead atoms. The molecule has 114 valence electrons. The zero-order valence-corrected chi connectivity index (χ0v) is 13.2. The third-order valence-electron chi connectivity index (χ3n) is 3.89.